The van der Waals surface area contributed by atoms with Gasteiger partial charge in [-0.15, -0.1) is 0 Å². The number of carbonyl (C=O) groups is 3. The lowest BCUT2D eigenvalue weighted by Gasteiger charge is -2.45. The van der Waals surface area contributed by atoms with E-state index in [9.17, 15) is 4.79 Å². The second-order valence-corrected chi connectivity index (χ2v) is 33.3. The fourth-order valence-electron chi connectivity index (χ4n) is 13.0. The summed E-state index contributed by atoms with van der Waals surface area (Å²) in [6.07, 6.45) is 5.58. The summed E-state index contributed by atoms with van der Waals surface area (Å²) < 4.78 is 14.9. The lowest BCUT2D eigenvalue weighted by atomic mass is 9.89. The van der Waals surface area contributed by atoms with Crippen molar-refractivity contribution in [3.63, 3.8) is 0 Å². The minimum Gasteiger partial charge on any atom is -0.406 e. The Labute approximate surface area is 481 Å². The SMILES string of the molecule is CCC1(N(CCO[Si](c2ccccc2)(c2ccccc2)C(C)(C)C)C(=O)c2ccccc2CCC(=O)Cc2ccc(C)cc2C(=O)N(CCO[Si](c2ccccc2)(c2ccccc2)C(C)(C)C)C(C)(C)c2ccccc2)CCCC1. The Morgan fingerprint density at radius 1 is 0.512 bits per heavy atom. The maximum absolute atomic E-state index is 15.6. The Balaban J connectivity index is 1.04. The van der Waals surface area contributed by atoms with Crippen LogP contribution in [0, 0.1) is 6.92 Å². The predicted molar refractivity (Wildman–Crippen MR) is 335 cm³/mol. The highest BCUT2D eigenvalue weighted by molar-refractivity contribution is 7.00. The number of carbonyl (C=O) groups excluding carboxylic acids is 3. The van der Waals surface area contributed by atoms with Crippen LogP contribution in [0.3, 0.4) is 0 Å². The van der Waals surface area contributed by atoms with Crippen molar-refractivity contribution >= 4 is 55.0 Å². The molecule has 0 spiro atoms. The van der Waals surface area contributed by atoms with E-state index in [0.29, 0.717) is 49.4 Å². The molecular formula is C71H86N2O5Si2. The molecule has 2 amide bonds. The highest BCUT2D eigenvalue weighted by Crippen LogP contribution is 2.41. The lowest BCUT2D eigenvalue weighted by Crippen LogP contribution is -2.67. The van der Waals surface area contributed by atoms with Gasteiger partial charge in [-0.05, 0) is 106 Å². The molecule has 0 atom stereocenters. The molecule has 1 fully saturated rings. The third-order valence-corrected chi connectivity index (χ3v) is 27.4. The second-order valence-electron chi connectivity index (χ2n) is 24.7. The number of hydrogen-bond donors (Lipinski definition) is 0. The van der Waals surface area contributed by atoms with Crippen LogP contribution < -0.4 is 20.7 Å². The molecule has 0 N–H and O–H groups in total. The summed E-state index contributed by atoms with van der Waals surface area (Å²) in [5, 5.41) is 4.34. The third kappa shape index (κ3) is 12.5. The molecule has 80 heavy (non-hydrogen) atoms. The molecule has 0 aliphatic heterocycles. The normalized spacial score (nSPS) is 13.9. The Morgan fingerprint density at radius 2 is 0.950 bits per heavy atom. The van der Waals surface area contributed by atoms with Crippen molar-refractivity contribution in [1.82, 2.24) is 9.80 Å². The third-order valence-electron chi connectivity index (χ3n) is 17.3. The Bertz CT molecular complexity index is 3070. The highest BCUT2D eigenvalue weighted by Gasteiger charge is 2.52. The van der Waals surface area contributed by atoms with Gasteiger partial charge in [0.1, 0.15) is 5.78 Å². The standard InChI is InChI=1S/C71H86N2O5Si2/c1-11-71(47-29-30-48-71)73(50-52-78-80(69(6,7)8,62-38-23-15-24-39-62)63-40-25-16-26-41-63)66(75)64-42-28-27-31-56(64)45-46-59(74)54-57-44-43-55(2)53-65(57)67(76)72(70(9,10)58-32-17-12-18-33-58)49-51-77-79(68(3,4)5,60-34-19-13-20-35-60)61-36-21-14-22-37-61/h12-28,31-44,53H,11,29-30,45-52,54H2,1-10H3. The number of hydrogen-bond acceptors (Lipinski definition) is 5. The molecular weight excluding hydrogens is 1020 g/mol. The fraction of sp³-hybridized carbons (Fsp3) is 0.366. The smallest absolute Gasteiger partial charge is 0.261 e. The molecule has 0 heterocycles. The molecule has 1 aliphatic carbocycles. The molecule has 0 radical (unpaired) electrons. The molecule has 0 aromatic heterocycles. The van der Waals surface area contributed by atoms with E-state index in [1.807, 2.05) is 84.6 Å². The molecule has 7 aromatic rings. The van der Waals surface area contributed by atoms with Crippen LogP contribution in [-0.4, -0.2) is 75.9 Å². The van der Waals surface area contributed by atoms with Gasteiger partial charge in [-0.25, -0.2) is 0 Å². The number of benzene rings is 7. The molecule has 7 aromatic carbocycles. The first-order valence-corrected chi connectivity index (χ1v) is 33.0. The van der Waals surface area contributed by atoms with Crippen molar-refractivity contribution < 1.29 is 23.2 Å². The number of amides is 2. The monoisotopic (exact) mass is 1100 g/mol. The molecule has 0 bridgehead atoms. The Morgan fingerprint density at radius 3 is 1.41 bits per heavy atom. The lowest BCUT2D eigenvalue weighted by molar-refractivity contribution is -0.118. The first-order chi connectivity index (χ1) is 38.3. The number of aryl methyl sites for hydroxylation is 2. The van der Waals surface area contributed by atoms with Crippen molar-refractivity contribution in [2.24, 2.45) is 0 Å². The molecule has 8 rings (SSSR count). The number of nitrogens with zero attached hydrogens (tertiary/aromatic N) is 2. The fourth-order valence-corrected chi connectivity index (χ4v) is 22.1. The van der Waals surface area contributed by atoms with Crippen molar-refractivity contribution in [1.29, 1.82) is 0 Å². The van der Waals surface area contributed by atoms with E-state index in [2.05, 4.69) is 189 Å². The maximum atomic E-state index is 15.6. The molecule has 0 saturated heterocycles. The number of Topliss-reactive ketones (excluding diaryl/α,β-unsaturated/α-hetero) is 1. The minimum absolute atomic E-state index is 0.00502. The highest BCUT2D eigenvalue weighted by atomic mass is 28.4. The summed E-state index contributed by atoms with van der Waals surface area (Å²) >= 11 is 0. The van der Waals surface area contributed by atoms with Gasteiger partial charge in [0, 0.05) is 42.6 Å². The van der Waals surface area contributed by atoms with E-state index in [1.54, 1.807) is 0 Å². The quantitative estimate of drug-likeness (QED) is 0.0597. The average molecular weight is 1100 g/mol. The molecule has 0 unspecified atom stereocenters. The van der Waals surface area contributed by atoms with Crippen LogP contribution in [0.1, 0.15) is 144 Å². The zero-order valence-corrected chi connectivity index (χ0v) is 51.4. The van der Waals surface area contributed by atoms with Crippen LogP contribution in [0.4, 0.5) is 0 Å². The van der Waals surface area contributed by atoms with Crippen LogP contribution in [0.25, 0.3) is 0 Å². The van der Waals surface area contributed by atoms with Gasteiger partial charge in [0.25, 0.3) is 28.4 Å². The average Bonchev–Trinajstić information content (AvgIpc) is 4.10. The minimum atomic E-state index is -2.93. The molecule has 1 aliphatic rings. The van der Waals surface area contributed by atoms with Crippen molar-refractivity contribution in [3.8, 4) is 0 Å². The summed E-state index contributed by atoms with van der Waals surface area (Å²) in [4.78, 5) is 49.6. The van der Waals surface area contributed by atoms with Crippen molar-refractivity contribution in [2.45, 2.75) is 142 Å². The summed E-state index contributed by atoms with van der Waals surface area (Å²) in [5.41, 5.74) is 3.59. The largest absolute Gasteiger partial charge is 0.406 e. The molecule has 9 heteroatoms. The first kappa shape index (κ1) is 59.6. The zero-order valence-electron chi connectivity index (χ0n) is 49.4. The summed E-state index contributed by atoms with van der Waals surface area (Å²) in [7, 11) is -5.80. The van der Waals surface area contributed by atoms with E-state index < -0.39 is 22.2 Å². The summed E-state index contributed by atoms with van der Waals surface area (Å²) in [6, 6.07) is 66.5. The van der Waals surface area contributed by atoms with Crippen LogP contribution in [0.15, 0.2) is 194 Å². The van der Waals surface area contributed by atoms with Gasteiger partial charge in [-0.1, -0.05) is 249 Å². The van der Waals surface area contributed by atoms with E-state index in [-0.39, 0.29) is 46.1 Å². The van der Waals surface area contributed by atoms with Gasteiger partial charge < -0.3 is 18.7 Å². The molecule has 1 saturated carbocycles. The number of ketones is 1. The summed E-state index contributed by atoms with van der Waals surface area (Å²) in [6.45, 7) is 23.6. The van der Waals surface area contributed by atoms with Gasteiger partial charge in [0.15, 0.2) is 0 Å². The maximum Gasteiger partial charge on any atom is 0.261 e. The van der Waals surface area contributed by atoms with Gasteiger partial charge in [-0.2, -0.15) is 0 Å². The van der Waals surface area contributed by atoms with Crippen LogP contribution in [0.5, 0.6) is 0 Å². The predicted octanol–water partition coefficient (Wildman–Crippen LogP) is 13.4. The Kier molecular flexibility index (Phi) is 19.0. The van der Waals surface area contributed by atoms with Crippen LogP contribution in [-0.2, 0) is 32.0 Å². The van der Waals surface area contributed by atoms with Gasteiger partial charge in [-0.3, -0.25) is 14.4 Å². The van der Waals surface area contributed by atoms with Crippen LogP contribution in [0.2, 0.25) is 10.1 Å². The van der Waals surface area contributed by atoms with Crippen molar-refractivity contribution in [3.05, 3.63) is 228 Å². The first-order valence-electron chi connectivity index (χ1n) is 29.2. The van der Waals surface area contributed by atoms with Gasteiger partial charge in [0.2, 0.25) is 0 Å². The van der Waals surface area contributed by atoms with E-state index in [1.165, 1.54) is 20.7 Å². The van der Waals surface area contributed by atoms with Crippen molar-refractivity contribution in [2.75, 3.05) is 26.3 Å². The van der Waals surface area contributed by atoms with Gasteiger partial charge >= 0.3 is 0 Å². The molecule has 7 nitrogen and oxygen atoms in total. The van der Waals surface area contributed by atoms with E-state index in [0.717, 1.165) is 48.8 Å². The van der Waals surface area contributed by atoms with Gasteiger partial charge in [0.05, 0.1) is 18.8 Å². The zero-order chi connectivity index (χ0) is 57.2. The Hall–Kier alpha value is -6.50. The topological polar surface area (TPSA) is 76.2 Å². The molecule has 418 valence electrons. The summed E-state index contributed by atoms with van der Waals surface area (Å²) in [5.74, 6) is -0.150. The van der Waals surface area contributed by atoms with E-state index in [4.69, 9.17) is 8.85 Å². The number of rotatable bonds is 23. The van der Waals surface area contributed by atoms with Crippen LogP contribution >= 0.6 is 0 Å². The second kappa shape index (κ2) is 25.5. The van der Waals surface area contributed by atoms with E-state index >= 15 is 9.59 Å².